The van der Waals surface area contributed by atoms with Crippen LogP contribution in [0.2, 0.25) is 0 Å². The van der Waals surface area contributed by atoms with Crippen molar-refractivity contribution in [2.24, 2.45) is 0 Å². The zero-order valence-corrected chi connectivity index (χ0v) is 15.2. The number of rotatable bonds is 5. The number of fused-ring (bicyclic) bond motifs is 1. The van der Waals surface area contributed by atoms with Gasteiger partial charge in [0.2, 0.25) is 0 Å². The van der Waals surface area contributed by atoms with Gasteiger partial charge in [0.15, 0.2) is 0 Å². The van der Waals surface area contributed by atoms with E-state index in [1.165, 1.54) is 4.90 Å². The number of hydrogen-bond donors (Lipinski definition) is 1. The summed E-state index contributed by atoms with van der Waals surface area (Å²) in [5.74, 6) is 7.27. The third-order valence-corrected chi connectivity index (χ3v) is 4.31. The maximum Gasteiger partial charge on any atom is 0.137 e. The molecule has 0 unspecified atom stereocenters. The molecular weight excluding hydrogens is 328 g/mol. The van der Waals surface area contributed by atoms with Gasteiger partial charge in [-0.15, -0.1) is 0 Å². The van der Waals surface area contributed by atoms with E-state index in [1.807, 2.05) is 38.4 Å². The Hall–Kier alpha value is -2.55. The van der Waals surface area contributed by atoms with Crippen molar-refractivity contribution in [2.45, 2.75) is 11.3 Å². The van der Waals surface area contributed by atoms with Gasteiger partial charge in [-0.2, -0.15) is 0 Å². The van der Waals surface area contributed by atoms with Crippen molar-refractivity contribution in [3.05, 3.63) is 60.4 Å². The molecule has 3 aromatic rings. The van der Waals surface area contributed by atoms with E-state index >= 15 is 0 Å². The summed E-state index contributed by atoms with van der Waals surface area (Å²) in [5.41, 5.74) is 1.98. The highest BCUT2D eigenvalue weighted by Crippen LogP contribution is 2.20. The van der Waals surface area contributed by atoms with Crippen LogP contribution in [0.1, 0.15) is 12.0 Å². The van der Waals surface area contributed by atoms with Crippen molar-refractivity contribution in [3.63, 3.8) is 0 Å². The lowest BCUT2D eigenvalue weighted by atomic mass is 10.2. The van der Waals surface area contributed by atoms with Gasteiger partial charge in [-0.25, -0.2) is 9.97 Å². The Bertz CT molecular complexity index is 889. The van der Waals surface area contributed by atoms with E-state index in [0.717, 1.165) is 35.2 Å². The minimum atomic E-state index is 0.753. The molecule has 1 aromatic heterocycles. The number of para-hydroxylation sites is 1. The number of benzene rings is 2. The van der Waals surface area contributed by atoms with E-state index < -0.39 is 0 Å². The van der Waals surface area contributed by atoms with E-state index in [1.54, 1.807) is 18.3 Å². The molecule has 0 atom stereocenters. The van der Waals surface area contributed by atoms with Crippen LogP contribution in [0.15, 0.2) is 59.8 Å². The van der Waals surface area contributed by atoms with Crippen LogP contribution in [0.25, 0.3) is 10.9 Å². The Labute approximate surface area is 152 Å². The van der Waals surface area contributed by atoms with Gasteiger partial charge < -0.3 is 5.32 Å². The molecule has 3 rings (SSSR count). The Morgan fingerprint density at radius 1 is 1.04 bits per heavy atom. The fourth-order valence-corrected chi connectivity index (χ4v) is 3.04. The van der Waals surface area contributed by atoms with E-state index in [-0.39, 0.29) is 0 Å². The molecule has 4 nitrogen and oxygen atoms in total. The zero-order chi connectivity index (χ0) is 17.5. The fourth-order valence-electron chi connectivity index (χ4n) is 2.36. The Kier molecular flexibility index (Phi) is 5.89. The molecule has 0 aliphatic carbocycles. The SMILES string of the molecule is CN(C)Sc1ccc(C#CCCNc2ncnc3ccccc23)cc1. The Morgan fingerprint density at radius 3 is 2.64 bits per heavy atom. The van der Waals surface area contributed by atoms with Gasteiger partial charge in [0.1, 0.15) is 12.1 Å². The molecule has 0 saturated heterocycles. The molecule has 0 aliphatic heterocycles. The van der Waals surface area contributed by atoms with Gasteiger partial charge in [-0.1, -0.05) is 24.0 Å². The van der Waals surface area contributed by atoms with Gasteiger partial charge in [0.05, 0.1) is 5.52 Å². The average Bonchev–Trinajstić information content (AvgIpc) is 2.62. The average molecular weight is 348 g/mol. The van der Waals surface area contributed by atoms with E-state index in [4.69, 9.17) is 0 Å². The van der Waals surface area contributed by atoms with Crippen molar-refractivity contribution < 1.29 is 0 Å². The standard InChI is InChI=1S/C20H20N4S/c1-24(2)25-17-12-10-16(11-13-17)7-5-6-14-21-20-18-8-3-4-9-19(18)22-15-23-20/h3-4,8-13,15H,6,14H2,1-2H3,(H,21,22,23). The monoisotopic (exact) mass is 348 g/mol. The van der Waals surface area contributed by atoms with Crippen LogP contribution in [0, 0.1) is 11.8 Å². The van der Waals surface area contributed by atoms with Gasteiger partial charge >= 0.3 is 0 Å². The molecule has 25 heavy (non-hydrogen) atoms. The Balaban J connectivity index is 1.54. The predicted octanol–water partition coefficient (Wildman–Crippen LogP) is 4.05. The lowest BCUT2D eigenvalue weighted by molar-refractivity contribution is 0.702. The zero-order valence-electron chi connectivity index (χ0n) is 14.4. The maximum absolute atomic E-state index is 4.32. The van der Waals surface area contributed by atoms with Gasteiger partial charge in [0, 0.05) is 28.8 Å². The summed E-state index contributed by atoms with van der Waals surface area (Å²) in [6.45, 7) is 0.753. The molecule has 0 radical (unpaired) electrons. The molecule has 0 spiro atoms. The van der Waals surface area contributed by atoms with E-state index in [2.05, 4.69) is 55.7 Å². The minimum Gasteiger partial charge on any atom is -0.368 e. The van der Waals surface area contributed by atoms with Crippen LogP contribution in [-0.4, -0.2) is 34.9 Å². The largest absolute Gasteiger partial charge is 0.368 e. The number of hydrogen-bond acceptors (Lipinski definition) is 5. The van der Waals surface area contributed by atoms with Crippen molar-refractivity contribution in [1.82, 2.24) is 14.3 Å². The van der Waals surface area contributed by atoms with Crippen LogP contribution < -0.4 is 5.32 Å². The lowest BCUT2D eigenvalue weighted by Gasteiger charge is -2.07. The van der Waals surface area contributed by atoms with Crippen molar-refractivity contribution in [1.29, 1.82) is 0 Å². The van der Waals surface area contributed by atoms with Crippen LogP contribution in [0.5, 0.6) is 0 Å². The maximum atomic E-state index is 4.32. The predicted molar refractivity (Wildman–Crippen MR) is 106 cm³/mol. The first-order valence-corrected chi connectivity index (χ1v) is 8.87. The Morgan fingerprint density at radius 2 is 1.84 bits per heavy atom. The highest BCUT2D eigenvalue weighted by molar-refractivity contribution is 7.97. The fraction of sp³-hybridized carbons (Fsp3) is 0.200. The smallest absolute Gasteiger partial charge is 0.137 e. The van der Waals surface area contributed by atoms with Crippen LogP contribution in [0.4, 0.5) is 5.82 Å². The van der Waals surface area contributed by atoms with Gasteiger partial charge in [-0.3, -0.25) is 4.31 Å². The summed E-state index contributed by atoms with van der Waals surface area (Å²) in [6.07, 6.45) is 2.34. The second-order valence-electron chi connectivity index (χ2n) is 5.65. The molecular formula is C20H20N4S. The lowest BCUT2D eigenvalue weighted by Crippen LogP contribution is -2.03. The first-order valence-electron chi connectivity index (χ1n) is 8.10. The molecule has 0 amide bonds. The molecule has 0 saturated carbocycles. The quantitative estimate of drug-likeness (QED) is 0.428. The van der Waals surface area contributed by atoms with Crippen LogP contribution >= 0.6 is 11.9 Å². The minimum absolute atomic E-state index is 0.753. The van der Waals surface area contributed by atoms with E-state index in [9.17, 15) is 0 Å². The summed E-state index contributed by atoms with van der Waals surface area (Å²) < 4.78 is 2.07. The summed E-state index contributed by atoms with van der Waals surface area (Å²) in [7, 11) is 4.07. The third kappa shape index (κ3) is 4.96. The van der Waals surface area contributed by atoms with E-state index in [0.29, 0.717) is 0 Å². The number of nitrogens with zero attached hydrogens (tertiary/aromatic N) is 3. The molecule has 0 aliphatic rings. The normalized spacial score (nSPS) is 10.5. The second kappa shape index (κ2) is 8.52. The molecule has 1 heterocycles. The van der Waals surface area contributed by atoms with Crippen molar-refractivity contribution in [2.75, 3.05) is 26.0 Å². The van der Waals surface area contributed by atoms with Crippen molar-refractivity contribution >= 4 is 28.7 Å². The summed E-state index contributed by atoms with van der Waals surface area (Å²) >= 11 is 1.70. The van der Waals surface area contributed by atoms with Crippen LogP contribution in [0.3, 0.4) is 0 Å². The summed E-state index contributed by atoms with van der Waals surface area (Å²) in [5, 5.41) is 4.38. The van der Waals surface area contributed by atoms with Crippen LogP contribution in [-0.2, 0) is 0 Å². The number of aromatic nitrogens is 2. The number of anilines is 1. The second-order valence-corrected chi connectivity index (χ2v) is 7.03. The summed E-state index contributed by atoms with van der Waals surface area (Å²) in [4.78, 5) is 9.80. The third-order valence-electron chi connectivity index (χ3n) is 3.46. The molecule has 1 N–H and O–H groups in total. The molecule has 0 bridgehead atoms. The topological polar surface area (TPSA) is 41.0 Å². The molecule has 0 fully saturated rings. The molecule has 2 aromatic carbocycles. The number of nitrogens with one attached hydrogen (secondary N) is 1. The van der Waals surface area contributed by atoms with Gasteiger partial charge in [0.25, 0.3) is 0 Å². The first-order chi connectivity index (χ1) is 12.2. The summed E-state index contributed by atoms with van der Waals surface area (Å²) in [6, 6.07) is 16.3. The molecule has 5 heteroatoms. The first kappa shape index (κ1) is 17.3. The molecule has 126 valence electrons. The highest BCUT2D eigenvalue weighted by atomic mass is 32.2. The van der Waals surface area contributed by atoms with Gasteiger partial charge in [-0.05, 0) is 62.4 Å². The highest BCUT2D eigenvalue weighted by Gasteiger charge is 2.01. The van der Waals surface area contributed by atoms with Crippen molar-refractivity contribution in [3.8, 4) is 11.8 Å².